The molecule has 0 spiro atoms. The van der Waals surface area contributed by atoms with Crippen LogP contribution in [0.2, 0.25) is 0 Å². The van der Waals surface area contributed by atoms with Gasteiger partial charge in [-0.25, -0.2) is 4.98 Å². The van der Waals surface area contributed by atoms with E-state index in [4.69, 9.17) is 10.2 Å². The molecule has 2 rings (SSSR count). The first-order chi connectivity index (χ1) is 8.52. The third-order valence-corrected chi connectivity index (χ3v) is 2.77. The number of fused-ring (bicyclic) bond motifs is 1. The molecule has 0 aliphatic heterocycles. The van der Waals surface area contributed by atoms with E-state index in [1.54, 1.807) is 13.8 Å². The van der Waals surface area contributed by atoms with E-state index in [0.29, 0.717) is 5.25 Å². The summed E-state index contributed by atoms with van der Waals surface area (Å²) in [5.41, 5.74) is 2.10. The highest BCUT2D eigenvalue weighted by atomic mass is 32.2. The monoisotopic (exact) mass is 267 g/mol. The van der Waals surface area contributed by atoms with Crippen molar-refractivity contribution < 1.29 is 5.11 Å². The van der Waals surface area contributed by atoms with E-state index in [2.05, 4.69) is 18.1 Å². The molecule has 4 nitrogen and oxygen atoms in total. The van der Waals surface area contributed by atoms with Crippen molar-refractivity contribution in [2.45, 2.75) is 38.5 Å². The Labute approximate surface area is 112 Å². The second-order valence-corrected chi connectivity index (χ2v) is 5.52. The topological polar surface area (TPSA) is 63.5 Å². The summed E-state index contributed by atoms with van der Waals surface area (Å²) < 4.78 is 2.03. The van der Waals surface area contributed by atoms with E-state index in [0.717, 1.165) is 17.8 Å². The maximum absolute atomic E-state index is 8.06. The van der Waals surface area contributed by atoms with E-state index in [1.165, 1.54) is 11.9 Å². The lowest BCUT2D eigenvalue weighted by molar-refractivity contribution is 0.216. The van der Waals surface area contributed by atoms with Crippen LogP contribution < -0.4 is 5.14 Å². The minimum absolute atomic E-state index is 0.167. The van der Waals surface area contributed by atoms with Gasteiger partial charge >= 0.3 is 0 Å². The zero-order valence-corrected chi connectivity index (χ0v) is 11.9. The molecule has 5 heteroatoms. The predicted molar refractivity (Wildman–Crippen MR) is 77.5 cm³/mol. The number of nitrogens with two attached hydrogens (primary N) is 1. The molecular formula is C13H21N3OS. The van der Waals surface area contributed by atoms with Gasteiger partial charge in [0.25, 0.3) is 0 Å². The molecule has 0 radical (unpaired) electrons. The Morgan fingerprint density at radius 3 is 2.61 bits per heavy atom. The molecule has 2 heterocycles. The second kappa shape index (κ2) is 7.41. The molecule has 2 aromatic rings. The van der Waals surface area contributed by atoms with Crippen LogP contribution in [0, 0.1) is 0 Å². The van der Waals surface area contributed by atoms with Gasteiger partial charge in [-0.3, -0.25) is 5.14 Å². The minimum Gasteiger partial charge on any atom is -0.394 e. The van der Waals surface area contributed by atoms with E-state index in [1.807, 2.05) is 28.8 Å². The van der Waals surface area contributed by atoms with Crippen LogP contribution in [-0.2, 0) is 6.42 Å². The van der Waals surface area contributed by atoms with Gasteiger partial charge in [-0.1, -0.05) is 24.9 Å². The van der Waals surface area contributed by atoms with Crippen molar-refractivity contribution in [1.82, 2.24) is 9.38 Å². The molecule has 100 valence electrons. The first kappa shape index (κ1) is 15.0. The third kappa shape index (κ3) is 5.08. The molecule has 0 aromatic carbocycles. The van der Waals surface area contributed by atoms with Gasteiger partial charge in [0, 0.05) is 30.2 Å². The Morgan fingerprint density at radius 1 is 1.39 bits per heavy atom. The van der Waals surface area contributed by atoms with Crippen LogP contribution in [0.5, 0.6) is 0 Å². The van der Waals surface area contributed by atoms with Crippen molar-refractivity contribution in [3.8, 4) is 0 Å². The largest absolute Gasteiger partial charge is 0.394 e. The van der Waals surface area contributed by atoms with Crippen LogP contribution in [0.15, 0.2) is 30.6 Å². The molecule has 2 aromatic heterocycles. The number of imidazole rings is 1. The molecule has 0 fully saturated rings. The van der Waals surface area contributed by atoms with Crippen molar-refractivity contribution in [2.24, 2.45) is 5.14 Å². The quantitative estimate of drug-likeness (QED) is 0.837. The summed E-state index contributed by atoms with van der Waals surface area (Å²) in [5, 5.41) is 14.0. The van der Waals surface area contributed by atoms with Gasteiger partial charge in [0.1, 0.15) is 5.65 Å². The van der Waals surface area contributed by atoms with Gasteiger partial charge in [0.05, 0.1) is 5.69 Å². The van der Waals surface area contributed by atoms with Crippen molar-refractivity contribution in [3.63, 3.8) is 0 Å². The van der Waals surface area contributed by atoms with Crippen LogP contribution in [0.4, 0.5) is 0 Å². The highest BCUT2D eigenvalue weighted by Crippen LogP contribution is 2.11. The van der Waals surface area contributed by atoms with Gasteiger partial charge in [0.2, 0.25) is 0 Å². The van der Waals surface area contributed by atoms with E-state index >= 15 is 0 Å². The fourth-order valence-electron chi connectivity index (χ4n) is 1.43. The van der Waals surface area contributed by atoms with Gasteiger partial charge in [-0.2, -0.15) is 0 Å². The summed E-state index contributed by atoms with van der Waals surface area (Å²) >= 11 is 1.38. The Hall–Kier alpha value is -1.04. The van der Waals surface area contributed by atoms with E-state index in [-0.39, 0.29) is 6.10 Å². The lowest BCUT2D eigenvalue weighted by Gasteiger charge is -2.02. The third-order valence-electron chi connectivity index (χ3n) is 2.14. The zero-order valence-electron chi connectivity index (χ0n) is 11.1. The molecule has 1 atom stereocenters. The standard InChI is InChI=1S/C10H13N3S.C3H8O/c1-8(14-11)6-9-7-13-5-3-2-4-10(13)12-9;1-3(2)4/h2-5,7-8H,6,11H2,1H3;3-4H,1-2H3. The summed E-state index contributed by atoms with van der Waals surface area (Å²) in [6.07, 6.45) is 4.82. The summed E-state index contributed by atoms with van der Waals surface area (Å²) in [6.45, 7) is 5.55. The number of hydrogen-bond acceptors (Lipinski definition) is 4. The molecule has 18 heavy (non-hydrogen) atoms. The predicted octanol–water partition coefficient (Wildman–Crippen LogP) is 2.26. The Kier molecular flexibility index (Phi) is 6.18. The minimum atomic E-state index is -0.167. The van der Waals surface area contributed by atoms with E-state index in [9.17, 15) is 0 Å². The molecule has 3 N–H and O–H groups in total. The molecular weight excluding hydrogens is 246 g/mol. The summed E-state index contributed by atoms with van der Waals surface area (Å²) in [7, 11) is 0. The van der Waals surface area contributed by atoms with Crippen molar-refractivity contribution >= 4 is 17.6 Å². The number of rotatable bonds is 3. The number of hydrogen-bond donors (Lipinski definition) is 2. The first-order valence-electron chi connectivity index (χ1n) is 5.99. The molecule has 1 unspecified atom stereocenters. The summed E-state index contributed by atoms with van der Waals surface area (Å²) in [5.74, 6) is 0. The van der Waals surface area contributed by atoms with Crippen molar-refractivity contribution in [3.05, 3.63) is 36.3 Å². The summed E-state index contributed by atoms with van der Waals surface area (Å²) in [4.78, 5) is 4.49. The van der Waals surface area contributed by atoms with Crippen LogP contribution >= 0.6 is 11.9 Å². The molecule has 0 aliphatic carbocycles. The molecule has 0 saturated carbocycles. The van der Waals surface area contributed by atoms with Crippen molar-refractivity contribution in [1.29, 1.82) is 0 Å². The fourth-order valence-corrected chi connectivity index (χ4v) is 1.70. The average molecular weight is 267 g/mol. The molecule has 0 saturated heterocycles. The van der Waals surface area contributed by atoms with Gasteiger partial charge < -0.3 is 9.51 Å². The number of aliphatic hydroxyl groups is 1. The maximum atomic E-state index is 8.06. The zero-order chi connectivity index (χ0) is 13.5. The van der Waals surface area contributed by atoms with Crippen molar-refractivity contribution in [2.75, 3.05) is 0 Å². The smallest absolute Gasteiger partial charge is 0.136 e. The van der Waals surface area contributed by atoms with Gasteiger partial charge in [0.15, 0.2) is 0 Å². The SMILES string of the molecule is CC(C)O.CC(Cc1cn2ccccc2n1)SN. The Balaban J connectivity index is 0.000000357. The highest BCUT2D eigenvalue weighted by Gasteiger charge is 2.05. The number of pyridine rings is 1. The number of aliphatic hydroxyl groups excluding tert-OH is 1. The lowest BCUT2D eigenvalue weighted by atomic mass is 10.3. The highest BCUT2D eigenvalue weighted by molar-refractivity contribution is 7.97. The maximum Gasteiger partial charge on any atom is 0.136 e. The Morgan fingerprint density at radius 2 is 2.06 bits per heavy atom. The van der Waals surface area contributed by atoms with Crippen LogP contribution in [0.3, 0.4) is 0 Å². The fraction of sp³-hybridized carbons (Fsp3) is 0.462. The molecule has 0 bridgehead atoms. The van der Waals surface area contributed by atoms with E-state index < -0.39 is 0 Å². The number of nitrogens with zero attached hydrogens (tertiary/aromatic N) is 2. The van der Waals surface area contributed by atoms with Gasteiger partial charge in [-0.05, 0) is 26.0 Å². The van der Waals surface area contributed by atoms with Crippen LogP contribution in [-0.4, -0.2) is 25.8 Å². The average Bonchev–Trinajstić information content (AvgIpc) is 2.70. The Bertz CT molecular complexity index is 434. The number of aromatic nitrogens is 2. The van der Waals surface area contributed by atoms with Crippen LogP contribution in [0.25, 0.3) is 5.65 Å². The molecule has 0 amide bonds. The van der Waals surface area contributed by atoms with Gasteiger partial charge in [-0.15, -0.1) is 0 Å². The normalized spacial score (nSPS) is 12.3. The van der Waals surface area contributed by atoms with Crippen LogP contribution in [0.1, 0.15) is 26.5 Å². The first-order valence-corrected chi connectivity index (χ1v) is 6.93. The second-order valence-electron chi connectivity index (χ2n) is 4.44. The lowest BCUT2D eigenvalue weighted by Crippen LogP contribution is -2.04. The molecule has 0 aliphatic rings. The summed E-state index contributed by atoms with van der Waals surface area (Å²) in [6, 6.07) is 6.00.